The first-order valence-corrected chi connectivity index (χ1v) is 7.61. The Kier molecular flexibility index (Phi) is 6.27. The first-order chi connectivity index (χ1) is 9.73. The standard InChI is InChI=1S/C16H29N3O2/c1-6-19(12-16(3,4)21)15(20)17-13(2)9-10-14-8-7-11-18(14)5/h7-8,11,13,21H,6,9-10,12H2,1-5H3,(H,17,20). The van der Waals surface area contributed by atoms with E-state index in [1.165, 1.54) is 5.69 Å². The zero-order valence-corrected chi connectivity index (χ0v) is 13.9. The van der Waals surface area contributed by atoms with Crippen molar-refractivity contribution in [3.8, 4) is 0 Å². The number of likely N-dealkylation sites (N-methyl/N-ethyl adjacent to an activating group) is 1. The van der Waals surface area contributed by atoms with Crippen LogP contribution in [0.2, 0.25) is 0 Å². The van der Waals surface area contributed by atoms with Crippen molar-refractivity contribution in [1.29, 1.82) is 0 Å². The summed E-state index contributed by atoms with van der Waals surface area (Å²) in [7, 11) is 2.03. The molecule has 21 heavy (non-hydrogen) atoms. The number of nitrogens with zero attached hydrogens (tertiary/aromatic N) is 2. The number of aliphatic hydroxyl groups is 1. The molecule has 5 heteroatoms. The Morgan fingerprint density at radius 1 is 1.52 bits per heavy atom. The van der Waals surface area contributed by atoms with E-state index < -0.39 is 5.60 Å². The summed E-state index contributed by atoms with van der Waals surface area (Å²) >= 11 is 0. The Morgan fingerprint density at radius 3 is 2.67 bits per heavy atom. The lowest BCUT2D eigenvalue weighted by molar-refractivity contribution is 0.0476. The number of carbonyl (C=O) groups excluding carboxylic acids is 1. The van der Waals surface area contributed by atoms with Crippen LogP contribution in [-0.4, -0.2) is 45.3 Å². The molecule has 120 valence electrons. The molecule has 0 aromatic carbocycles. The van der Waals surface area contributed by atoms with Gasteiger partial charge < -0.3 is 19.9 Å². The smallest absolute Gasteiger partial charge is 0.317 e. The van der Waals surface area contributed by atoms with Crippen LogP contribution in [0.5, 0.6) is 0 Å². The summed E-state index contributed by atoms with van der Waals surface area (Å²) in [6, 6.07) is 4.12. The third kappa shape index (κ3) is 6.21. The van der Waals surface area contributed by atoms with Crippen LogP contribution in [0.25, 0.3) is 0 Å². The number of nitrogens with one attached hydrogen (secondary N) is 1. The van der Waals surface area contributed by atoms with E-state index >= 15 is 0 Å². The van der Waals surface area contributed by atoms with Gasteiger partial charge in [-0.05, 0) is 52.7 Å². The van der Waals surface area contributed by atoms with Gasteiger partial charge in [-0.25, -0.2) is 4.79 Å². The van der Waals surface area contributed by atoms with Crippen molar-refractivity contribution in [2.45, 2.75) is 52.2 Å². The van der Waals surface area contributed by atoms with Gasteiger partial charge in [-0.1, -0.05) is 0 Å². The summed E-state index contributed by atoms with van der Waals surface area (Å²) in [5.74, 6) is 0. The van der Waals surface area contributed by atoms with Crippen molar-refractivity contribution < 1.29 is 9.90 Å². The third-order valence-corrected chi connectivity index (χ3v) is 3.50. The SMILES string of the molecule is CCN(CC(C)(C)O)C(=O)NC(C)CCc1cccn1C. The summed E-state index contributed by atoms with van der Waals surface area (Å²) in [6.07, 6.45) is 3.85. The fourth-order valence-corrected chi connectivity index (χ4v) is 2.29. The van der Waals surface area contributed by atoms with E-state index in [0.29, 0.717) is 13.1 Å². The Hall–Kier alpha value is -1.49. The number of rotatable bonds is 7. The first-order valence-electron chi connectivity index (χ1n) is 7.61. The summed E-state index contributed by atoms with van der Waals surface area (Å²) in [5.41, 5.74) is 0.388. The van der Waals surface area contributed by atoms with E-state index in [1.54, 1.807) is 18.7 Å². The lowest BCUT2D eigenvalue weighted by Gasteiger charge is -2.29. The van der Waals surface area contributed by atoms with Crippen LogP contribution < -0.4 is 5.32 Å². The lowest BCUT2D eigenvalue weighted by Crippen LogP contribution is -2.49. The Bertz CT molecular complexity index is 449. The highest BCUT2D eigenvalue weighted by Gasteiger charge is 2.22. The van der Waals surface area contributed by atoms with Gasteiger partial charge in [-0.3, -0.25) is 0 Å². The largest absolute Gasteiger partial charge is 0.389 e. The molecule has 1 rings (SSSR count). The molecule has 1 aromatic rings. The maximum Gasteiger partial charge on any atom is 0.317 e. The molecule has 1 atom stereocenters. The first kappa shape index (κ1) is 17.6. The van der Waals surface area contributed by atoms with Crippen molar-refractivity contribution in [3.63, 3.8) is 0 Å². The van der Waals surface area contributed by atoms with Gasteiger partial charge in [-0.2, -0.15) is 0 Å². The quantitative estimate of drug-likeness (QED) is 0.810. The molecule has 2 amide bonds. The van der Waals surface area contributed by atoms with Crippen molar-refractivity contribution >= 4 is 6.03 Å². The molecule has 2 N–H and O–H groups in total. The van der Waals surface area contributed by atoms with E-state index in [9.17, 15) is 9.90 Å². The van der Waals surface area contributed by atoms with Crippen molar-refractivity contribution in [1.82, 2.24) is 14.8 Å². The average molecular weight is 295 g/mol. The second-order valence-electron chi connectivity index (χ2n) is 6.33. The van der Waals surface area contributed by atoms with Gasteiger partial charge in [0.05, 0.1) is 12.1 Å². The Morgan fingerprint density at radius 2 is 2.19 bits per heavy atom. The number of hydrogen-bond acceptors (Lipinski definition) is 2. The highest BCUT2D eigenvalue weighted by Crippen LogP contribution is 2.08. The molecule has 0 fully saturated rings. The zero-order chi connectivity index (χ0) is 16.0. The topological polar surface area (TPSA) is 57.5 Å². The molecule has 0 aliphatic heterocycles. The molecule has 0 bridgehead atoms. The molecule has 0 saturated carbocycles. The van der Waals surface area contributed by atoms with Crippen molar-refractivity contribution in [2.24, 2.45) is 7.05 Å². The highest BCUT2D eigenvalue weighted by molar-refractivity contribution is 5.74. The van der Waals surface area contributed by atoms with Crippen molar-refractivity contribution in [2.75, 3.05) is 13.1 Å². The Balaban J connectivity index is 2.43. The van der Waals surface area contributed by atoms with Gasteiger partial charge in [0.1, 0.15) is 0 Å². The molecule has 0 aliphatic carbocycles. The summed E-state index contributed by atoms with van der Waals surface area (Å²) in [6.45, 7) is 8.27. The molecular formula is C16H29N3O2. The third-order valence-electron chi connectivity index (χ3n) is 3.50. The predicted octanol–water partition coefficient (Wildman–Crippen LogP) is 2.15. The van der Waals surface area contributed by atoms with Crippen LogP contribution >= 0.6 is 0 Å². The van der Waals surface area contributed by atoms with E-state index in [1.807, 2.05) is 33.2 Å². The lowest BCUT2D eigenvalue weighted by atomic mass is 10.1. The second kappa shape index (κ2) is 7.50. The molecule has 0 radical (unpaired) electrons. The number of carbonyl (C=O) groups is 1. The van der Waals surface area contributed by atoms with Crippen LogP contribution in [-0.2, 0) is 13.5 Å². The van der Waals surface area contributed by atoms with Crippen LogP contribution in [0.15, 0.2) is 18.3 Å². The van der Waals surface area contributed by atoms with Crippen LogP contribution in [0.1, 0.15) is 39.8 Å². The molecule has 0 saturated heterocycles. The minimum Gasteiger partial charge on any atom is -0.389 e. The summed E-state index contributed by atoms with van der Waals surface area (Å²) in [5, 5.41) is 12.8. The average Bonchev–Trinajstić information content (AvgIpc) is 2.78. The highest BCUT2D eigenvalue weighted by atomic mass is 16.3. The summed E-state index contributed by atoms with van der Waals surface area (Å²) in [4.78, 5) is 13.8. The normalized spacial score (nSPS) is 13.0. The minimum atomic E-state index is -0.875. The van der Waals surface area contributed by atoms with Gasteiger partial charge in [0, 0.05) is 31.5 Å². The van der Waals surface area contributed by atoms with Gasteiger partial charge in [0.25, 0.3) is 0 Å². The van der Waals surface area contributed by atoms with E-state index in [0.717, 1.165) is 12.8 Å². The minimum absolute atomic E-state index is 0.100. The second-order valence-corrected chi connectivity index (χ2v) is 6.33. The Labute approximate surface area is 127 Å². The number of urea groups is 1. The van der Waals surface area contributed by atoms with E-state index in [-0.39, 0.29) is 12.1 Å². The molecule has 0 aliphatic rings. The molecule has 5 nitrogen and oxygen atoms in total. The maximum atomic E-state index is 12.2. The molecule has 0 spiro atoms. The molecule has 1 aromatic heterocycles. The summed E-state index contributed by atoms with van der Waals surface area (Å²) < 4.78 is 2.10. The monoisotopic (exact) mass is 295 g/mol. The van der Waals surface area contributed by atoms with Gasteiger partial charge in [0.15, 0.2) is 0 Å². The molecule has 1 heterocycles. The fourth-order valence-electron chi connectivity index (χ4n) is 2.29. The maximum absolute atomic E-state index is 12.2. The van der Waals surface area contributed by atoms with E-state index in [4.69, 9.17) is 0 Å². The zero-order valence-electron chi connectivity index (χ0n) is 13.9. The van der Waals surface area contributed by atoms with Gasteiger partial charge in [0.2, 0.25) is 0 Å². The van der Waals surface area contributed by atoms with Gasteiger partial charge >= 0.3 is 6.03 Å². The van der Waals surface area contributed by atoms with Gasteiger partial charge in [-0.15, -0.1) is 0 Å². The number of aromatic nitrogens is 1. The number of amides is 2. The number of aryl methyl sites for hydroxylation is 2. The predicted molar refractivity (Wildman–Crippen MR) is 85.3 cm³/mol. The van der Waals surface area contributed by atoms with Crippen LogP contribution in [0.4, 0.5) is 4.79 Å². The number of hydrogen-bond donors (Lipinski definition) is 2. The molecular weight excluding hydrogens is 266 g/mol. The van der Waals surface area contributed by atoms with Crippen molar-refractivity contribution in [3.05, 3.63) is 24.0 Å². The molecule has 1 unspecified atom stereocenters. The fraction of sp³-hybridized carbons (Fsp3) is 0.688. The van der Waals surface area contributed by atoms with E-state index in [2.05, 4.69) is 16.0 Å². The van der Waals surface area contributed by atoms with Crippen LogP contribution in [0.3, 0.4) is 0 Å². The van der Waals surface area contributed by atoms with Crippen LogP contribution in [0, 0.1) is 0 Å².